The number of aromatic nitrogens is 8. The Labute approximate surface area is 427 Å². The summed E-state index contributed by atoms with van der Waals surface area (Å²) in [7, 11) is -20.0. The van der Waals surface area contributed by atoms with Gasteiger partial charge in [-0.2, -0.15) is 0 Å². The molecule has 4 aromatic carbocycles. The van der Waals surface area contributed by atoms with Crippen LogP contribution in [-0.4, -0.2) is 91.8 Å². The fourth-order valence-corrected chi connectivity index (χ4v) is 8.32. The van der Waals surface area contributed by atoms with Crippen molar-refractivity contribution in [3.05, 3.63) is 72.8 Å². The molecule has 6 aromatic rings. The van der Waals surface area contributed by atoms with Crippen LogP contribution in [0.4, 0.5) is 0 Å². The van der Waals surface area contributed by atoms with Crippen LogP contribution in [-0.2, 0) is 40.5 Å². The first kappa shape index (κ1) is 48.9. The van der Waals surface area contributed by atoms with Crippen LogP contribution >= 0.6 is 0 Å². The van der Waals surface area contributed by atoms with E-state index in [1.54, 1.807) is 0 Å². The molecule has 0 fully saturated rings. The van der Waals surface area contributed by atoms with Gasteiger partial charge < -0.3 is 28.2 Å². The second-order valence-corrected chi connectivity index (χ2v) is 17.8. The zero-order valence-corrected chi connectivity index (χ0v) is 42.4. The van der Waals surface area contributed by atoms with Gasteiger partial charge in [0.1, 0.15) is 63.4 Å². The Hall–Kier alpha value is -2.12. The molecule has 0 aliphatic carbocycles. The molecule has 2 N–H and O–H groups in total. The number of H-pyrrole nitrogens is 2. The first-order chi connectivity index (χ1) is 26.2. The maximum Gasteiger partial charge on any atom is 1.00 e. The number of nitrogens with one attached hydrogen (secondary N) is 2. The van der Waals surface area contributed by atoms with Crippen LogP contribution in [0.3, 0.4) is 0 Å². The molecule has 0 atom stereocenters. The maximum atomic E-state index is 12.1. The quantitative estimate of drug-likeness (QED) is 0.122. The number of benzene rings is 4. The van der Waals surface area contributed by atoms with Crippen molar-refractivity contribution in [3.63, 3.8) is 0 Å². The van der Waals surface area contributed by atoms with Crippen molar-refractivity contribution < 1.29 is 170 Å². The SMILES string of the molecule is O=S(=O)([O-])c1ccc2c(c1)-c1nc-2nc2nc([nH]c3nc(nc4[nH]c(n1)c1cc(S(=O)(=O)[O-])ccc41)-c1ccc(S(=O)(=O)[O-])cc1-3)-c1cc(S(=O)(=O)[O-])ccc1-2.[Na+].[Na+].[Na+].[Na+]. The molecule has 60 heavy (non-hydrogen) atoms. The van der Waals surface area contributed by atoms with E-state index in [2.05, 4.69) is 39.9 Å². The van der Waals surface area contributed by atoms with Crippen molar-refractivity contribution in [2.75, 3.05) is 0 Å². The van der Waals surface area contributed by atoms with E-state index < -0.39 is 60.1 Å². The van der Waals surface area contributed by atoms with Crippen LogP contribution in [0.25, 0.3) is 90.4 Å². The van der Waals surface area contributed by atoms with Crippen LogP contribution in [0.15, 0.2) is 92.4 Å². The van der Waals surface area contributed by atoms with Gasteiger partial charge in [0.05, 0.1) is 19.6 Å². The molecule has 3 aliphatic rings. The molecule has 20 nitrogen and oxygen atoms in total. The van der Waals surface area contributed by atoms with Crippen LogP contribution in [0.1, 0.15) is 0 Å². The number of rotatable bonds is 4. The molecule has 8 bridgehead atoms. The minimum Gasteiger partial charge on any atom is -0.744 e. The molecular weight excluding hydrogens is 909 g/mol. The third-order valence-corrected chi connectivity index (χ3v) is 12.2. The Morgan fingerprint density at radius 2 is 0.683 bits per heavy atom. The average Bonchev–Trinajstić information content (AvgIpc) is 3.84. The molecule has 2 aromatic heterocycles. The average molecular weight is 923 g/mol. The van der Waals surface area contributed by atoms with Gasteiger partial charge in [-0.1, -0.05) is 0 Å². The minimum atomic E-state index is -5.01. The molecular formula is C32H14N8Na4O12S4. The summed E-state index contributed by atoms with van der Waals surface area (Å²) >= 11 is 0. The Morgan fingerprint density at radius 1 is 0.350 bits per heavy atom. The van der Waals surface area contributed by atoms with Crippen molar-refractivity contribution in [3.8, 4) is 68.3 Å². The maximum absolute atomic E-state index is 12.1. The fourth-order valence-electron chi connectivity index (χ4n) is 6.33. The van der Waals surface area contributed by atoms with E-state index >= 15 is 0 Å². The first-order valence-electron chi connectivity index (χ1n) is 15.5. The molecule has 0 saturated carbocycles. The summed E-state index contributed by atoms with van der Waals surface area (Å²) in [4.78, 5) is 30.5. The Bertz CT molecular complexity index is 3520. The molecule has 28 heteroatoms. The Morgan fingerprint density at radius 3 is 1.13 bits per heavy atom. The molecule has 0 radical (unpaired) electrons. The first-order valence-corrected chi connectivity index (χ1v) is 21.1. The third-order valence-electron chi connectivity index (χ3n) is 8.87. The van der Waals surface area contributed by atoms with Gasteiger partial charge in [-0.25, -0.2) is 63.6 Å². The number of hydrogen-bond acceptors (Lipinski definition) is 18. The smallest absolute Gasteiger partial charge is 0.744 e. The van der Waals surface area contributed by atoms with Gasteiger partial charge in [0.15, 0.2) is 23.3 Å². The second kappa shape index (κ2) is 17.1. The predicted octanol–water partition coefficient (Wildman–Crippen LogP) is -9.60. The largest absolute Gasteiger partial charge is 1.00 e. The fraction of sp³-hybridized carbons (Fsp3) is 0. The van der Waals surface area contributed by atoms with Crippen molar-refractivity contribution in [2.45, 2.75) is 19.6 Å². The van der Waals surface area contributed by atoms with E-state index in [0.29, 0.717) is 0 Å². The second-order valence-electron chi connectivity index (χ2n) is 12.3. The summed E-state index contributed by atoms with van der Waals surface area (Å²) in [5, 5.41) is 0.214. The monoisotopic (exact) mass is 922 g/mol. The van der Waals surface area contributed by atoms with Crippen LogP contribution in [0, 0.1) is 0 Å². The predicted molar refractivity (Wildman–Crippen MR) is 186 cm³/mol. The van der Waals surface area contributed by atoms with Gasteiger partial charge in [-0.05, 0) is 72.8 Å². The number of hydrogen-bond donors (Lipinski definition) is 2. The zero-order chi connectivity index (χ0) is 39.7. The molecule has 5 heterocycles. The van der Waals surface area contributed by atoms with Gasteiger partial charge in [0.25, 0.3) is 0 Å². The van der Waals surface area contributed by atoms with E-state index in [9.17, 15) is 51.9 Å². The zero-order valence-electron chi connectivity index (χ0n) is 31.1. The van der Waals surface area contributed by atoms with E-state index in [-0.39, 0.29) is 209 Å². The topological polar surface area (TPSA) is 338 Å². The van der Waals surface area contributed by atoms with Crippen LogP contribution < -0.4 is 118 Å². The summed E-state index contributed by atoms with van der Waals surface area (Å²) in [6.07, 6.45) is 0. The van der Waals surface area contributed by atoms with Crippen molar-refractivity contribution in [1.82, 2.24) is 39.9 Å². The van der Waals surface area contributed by atoms with E-state index in [1.807, 2.05) is 0 Å². The molecule has 9 rings (SSSR count). The normalized spacial score (nSPS) is 12.3. The molecule has 3 aliphatic heterocycles. The molecule has 0 amide bonds. The molecule has 0 spiro atoms. The summed E-state index contributed by atoms with van der Waals surface area (Å²) in [5.74, 6) is -0.882. The molecule has 0 saturated heterocycles. The number of aromatic amines is 2. The van der Waals surface area contributed by atoms with Crippen molar-refractivity contribution >= 4 is 62.5 Å². The summed E-state index contributed by atoms with van der Waals surface area (Å²) < 4.78 is 145. The molecule has 0 unspecified atom stereocenters. The van der Waals surface area contributed by atoms with E-state index in [4.69, 9.17) is 0 Å². The standard InChI is InChI=1S/C32H18N8O12S4.4Na/c41-53(42,43)13-1-5-17-21(9-13)29-35-25(17)33-26-18-6-2-14(54(44,45)46)10-22(18)31(36-26)40-32-24-12-16(56(50,51)52)4-8-20(24)28(38-32)34-27-19-7-3-15(55(47,48)49)11-23(19)30(37-27)39-29;;;;/h1-12H,(H,41,42,43)(H,44,45,46)(H,47,48,49)(H,50,51,52)(H2,33,34,35,36,37,38,39,40);;;;/q;4*+1/p-4. The summed E-state index contributed by atoms with van der Waals surface area (Å²) in [6, 6.07) is 13.2. The minimum absolute atomic E-state index is 0. The van der Waals surface area contributed by atoms with Crippen LogP contribution in [0.5, 0.6) is 0 Å². The van der Waals surface area contributed by atoms with E-state index in [0.717, 1.165) is 48.5 Å². The van der Waals surface area contributed by atoms with Gasteiger partial charge in [0, 0.05) is 44.2 Å². The number of nitrogens with zero attached hydrogens (tertiary/aromatic N) is 6. The van der Waals surface area contributed by atoms with Crippen molar-refractivity contribution in [2.24, 2.45) is 0 Å². The Balaban J connectivity index is 0.00000171. The summed E-state index contributed by atoms with van der Waals surface area (Å²) in [5.41, 5.74) is 0.357. The molecule has 282 valence electrons. The van der Waals surface area contributed by atoms with Gasteiger partial charge in [-0.3, -0.25) is 0 Å². The van der Waals surface area contributed by atoms with Crippen LogP contribution in [0.2, 0.25) is 0 Å². The number of fused-ring (bicyclic) bond motifs is 20. The van der Waals surface area contributed by atoms with Gasteiger partial charge >= 0.3 is 118 Å². The Kier molecular flexibility index (Phi) is 13.9. The third kappa shape index (κ3) is 8.85. The van der Waals surface area contributed by atoms with Crippen molar-refractivity contribution in [1.29, 1.82) is 0 Å². The van der Waals surface area contributed by atoms with E-state index in [1.165, 1.54) is 24.3 Å². The van der Waals surface area contributed by atoms with Gasteiger partial charge in [0.2, 0.25) is 0 Å². The summed E-state index contributed by atoms with van der Waals surface area (Å²) in [6.45, 7) is 0. The van der Waals surface area contributed by atoms with Gasteiger partial charge in [-0.15, -0.1) is 0 Å².